The van der Waals surface area contributed by atoms with Crippen LogP contribution in [0.3, 0.4) is 0 Å². The Balaban J connectivity index is 1.57. The quantitative estimate of drug-likeness (QED) is 0.847. The van der Waals surface area contributed by atoms with E-state index in [1.54, 1.807) is 17.2 Å². The van der Waals surface area contributed by atoms with Crippen LogP contribution in [0.25, 0.3) is 0 Å². The van der Waals surface area contributed by atoms with E-state index in [0.717, 1.165) is 10.0 Å². The number of urea groups is 1. The first-order valence-corrected chi connectivity index (χ1v) is 9.00. The highest BCUT2D eigenvalue weighted by molar-refractivity contribution is 9.10. The number of piperazine rings is 1. The Morgan fingerprint density at radius 1 is 1.24 bits per heavy atom. The maximum absolute atomic E-state index is 13.8. The number of pyridine rings is 1. The third-order valence-electron chi connectivity index (χ3n) is 4.37. The molecule has 1 aliphatic rings. The number of hydrogen-bond acceptors (Lipinski definition) is 3. The van der Waals surface area contributed by atoms with Crippen molar-refractivity contribution in [3.05, 3.63) is 58.6 Å². The topological polar surface area (TPSA) is 48.5 Å². The van der Waals surface area contributed by atoms with Gasteiger partial charge in [0.05, 0.1) is 17.9 Å². The lowest BCUT2D eigenvalue weighted by Crippen LogP contribution is -2.52. The lowest BCUT2D eigenvalue weighted by atomic mass is 10.1. The second-order valence-electron chi connectivity index (χ2n) is 5.99. The highest BCUT2D eigenvalue weighted by Crippen LogP contribution is 2.23. The molecule has 5 nitrogen and oxygen atoms in total. The molecule has 1 aromatic carbocycles. The summed E-state index contributed by atoms with van der Waals surface area (Å²) in [5, 5.41) is 3.03. The van der Waals surface area contributed by atoms with Gasteiger partial charge < -0.3 is 15.1 Å². The van der Waals surface area contributed by atoms with Crippen molar-refractivity contribution in [1.82, 2.24) is 15.2 Å². The molecule has 1 saturated heterocycles. The Hall–Kier alpha value is -2.15. The predicted molar refractivity (Wildman–Crippen MR) is 99.1 cm³/mol. The van der Waals surface area contributed by atoms with Gasteiger partial charge in [-0.3, -0.25) is 4.98 Å². The van der Waals surface area contributed by atoms with Crippen LogP contribution >= 0.6 is 15.9 Å². The number of nitrogens with zero attached hydrogens (tertiary/aromatic N) is 3. The average Bonchev–Trinajstić information content (AvgIpc) is 2.62. The molecule has 0 radical (unpaired) electrons. The number of aromatic nitrogens is 1. The van der Waals surface area contributed by atoms with Gasteiger partial charge in [-0.05, 0) is 24.6 Å². The van der Waals surface area contributed by atoms with Crippen molar-refractivity contribution < 1.29 is 9.18 Å². The van der Waals surface area contributed by atoms with Crippen LogP contribution < -0.4 is 10.2 Å². The maximum Gasteiger partial charge on any atom is 0.317 e. The molecular weight excluding hydrogens is 387 g/mol. The van der Waals surface area contributed by atoms with Crippen LogP contribution in [0.1, 0.15) is 18.5 Å². The number of rotatable bonds is 3. The fourth-order valence-electron chi connectivity index (χ4n) is 2.96. The summed E-state index contributed by atoms with van der Waals surface area (Å²) in [6.07, 6.45) is 2.80. The molecule has 2 amide bonds. The highest BCUT2D eigenvalue weighted by atomic mass is 79.9. The maximum atomic E-state index is 13.8. The summed E-state index contributed by atoms with van der Waals surface area (Å²) in [6.45, 7) is 4.25. The summed E-state index contributed by atoms with van der Waals surface area (Å²) < 4.78 is 14.8. The molecule has 7 heteroatoms. The SMILES string of the molecule is CC(NC(=O)N1CCN(c2ccncc2F)CC1)c1ccccc1Br. The Morgan fingerprint density at radius 2 is 1.96 bits per heavy atom. The lowest BCUT2D eigenvalue weighted by Gasteiger charge is -2.36. The first-order chi connectivity index (χ1) is 12.1. The monoisotopic (exact) mass is 406 g/mol. The van der Waals surface area contributed by atoms with E-state index < -0.39 is 0 Å². The van der Waals surface area contributed by atoms with E-state index >= 15 is 0 Å². The zero-order valence-electron chi connectivity index (χ0n) is 14.0. The van der Waals surface area contributed by atoms with E-state index in [9.17, 15) is 9.18 Å². The Morgan fingerprint density at radius 3 is 2.64 bits per heavy atom. The number of halogens is 2. The van der Waals surface area contributed by atoms with Crippen LogP contribution in [0.2, 0.25) is 0 Å². The second kappa shape index (κ2) is 7.82. The first kappa shape index (κ1) is 17.7. The van der Waals surface area contributed by atoms with Crippen LogP contribution in [0.15, 0.2) is 47.2 Å². The van der Waals surface area contributed by atoms with Gasteiger partial charge in [0.1, 0.15) is 0 Å². The molecule has 0 bridgehead atoms. The molecule has 132 valence electrons. The molecule has 3 rings (SSSR count). The van der Waals surface area contributed by atoms with Gasteiger partial charge in [0.2, 0.25) is 0 Å². The van der Waals surface area contributed by atoms with Gasteiger partial charge in [0.15, 0.2) is 5.82 Å². The fraction of sp³-hybridized carbons (Fsp3) is 0.333. The molecule has 2 aromatic rings. The molecular formula is C18H20BrFN4O. The van der Waals surface area contributed by atoms with Crippen molar-refractivity contribution in [3.8, 4) is 0 Å². The minimum atomic E-state index is -0.331. The van der Waals surface area contributed by atoms with E-state index in [0.29, 0.717) is 31.9 Å². The predicted octanol–water partition coefficient (Wildman–Crippen LogP) is 3.58. The average molecular weight is 407 g/mol. The number of amides is 2. The second-order valence-corrected chi connectivity index (χ2v) is 6.85. The molecule has 1 N–H and O–H groups in total. The van der Waals surface area contributed by atoms with E-state index in [1.165, 1.54) is 6.20 Å². The molecule has 2 heterocycles. The number of carbonyl (C=O) groups excluding carboxylic acids is 1. The van der Waals surface area contributed by atoms with Crippen molar-refractivity contribution >= 4 is 27.6 Å². The van der Waals surface area contributed by atoms with E-state index in [1.807, 2.05) is 36.1 Å². The fourth-order valence-corrected chi connectivity index (χ4v) is 3.58. The zero-order chi connectivity index (χ0) is 17.8. The third kappa shape index (κ3) is 4.10. The number of benzene rings is 1. The summed E-state index contributed by atoms with van der Waals surface area (Å²) >= 11 is 3.51. The van der Waals surface area contributed by atoms with E-state index in [4.69, 9.17) is 0 Å². The molecule has 1 unspecified atom stereocenters. The van der Waals surface area contributed by atoms with E-state index in [2.05, 4.69) is 26.2 Å². The minimum absolute atomic E-state index is 0.0984. The lowest BCUT2D eigenvalue weighted by molar-refractivity contribution is 0.191. The van der Waals surface area contributed by atoms with Gasteiger partial charge in [0, 0.05) is 36.8 Å². The van der Waals surface area contributed by atoms with Crippen LogP contribution in [0, 0.1) is 5.82 Å². The number of anilines is 1. The summed E-state index contributed by atoms with van der Waals surface area (Å²) in [5.74, 6) is -0.331. The molecule has 1 fully saturated rings. The van der Waals surface area contributed by atoms with Crippen LogP contribution in [0.4, 0.5) is 14.9 Å². The first-order valence-electron chi connectivity index (χ1n) is 8.20. The zero-order valence-corrected chi connectivity index (χ0v) is 15.5. The highest BCUT2D eigenvalue weighted by Gasteiger charge is 2.24. The Bertz CT molecular complexity index is 749. The summed E-state index contributed by atoms with van der Waals surface area (Å²) in [7, 11) is 0. The molecule has 0 aliphatic carbocycles. The van der Waals surface area contributed by atoms with Crippen molar-refractivity contribution in [2.45, 2.75) is 13.0 Å². The largest absolute Gasteiger partial charge is 0.366 e. The van der Waals surface area contributed by atoms with Crippen LogP contribution in [-0.4, -0.2) is 42.1 Å². The van der Waals surface area contributed by atoms with Crippen molar-refractivity contribution in [2.75, 3.05) is 31.1 Å². The minimum Gasteiger partial charge on any atom is -0.366 e. The molecule has 25 heavy (non-hydrogen) atoms. The molecule has 1 aromatic heterocycles. The number of nitrogens with one attached hydrogen (secondary N) is 1. The Kier molecular flexibility index (Phi) is 5.53. The van der Waals surface area contributed by atoms with Gasteiger partial charge in [0.25, 0.3) is 0 Å². The Labute approximate surface area is 155 Å². The number of carbonyl (C=O) groups is 1. The molecule has 0 spiro atoms. The van der Waals surface area contributed by atoms with Crippen LogP contribution in [-0.2, 0) is 0 Å². The molecule has 1 aliphatic heterocycles. The normalized spacial score (nSPS) is 15.8. The van der Waals surface area contributed by atoms with Crippen LogP contribution in [0.5, 0.6) is 0 Å². The van der Waals surface area contributed by atoms with E-state index in [-0.39, 0.29) is 17.9 Å². The van der Waals surface area contributed by atoms with Crippen molar-refractivity contribution in [3.63, 3.8) is 0 Å². The van der Waals surface area contributed by atoms with Gasteiger partial charge in [-0.15, -0.1) is 0 Å². The van der Waals surface area contributed by atoms with Gasteiger partial charge in [-0.25, -0.2) is 9.18 Å². The van der Waals surface area contributed by atoms with Crippen molar-refractivity contribution in [1.29, 1.82) is 0 Å². The molecule has 0 saturated carbocycles. The third-order valence-corrected chi connectivity index (χ3v) is 5.09. The van der Waals surface area contributed by atoms with Gasteiger partial charge in [-0.1, -0.05) is 34.1 Å². The molecule has 1 atom stereocenters. The van der Waals surface area contributed by atoms with Crippen molar-refractivity contribution in [2.24, 2.45) is 0 Å². The standard InChI is InChI=1S/C18H20BrFN4O/c1-13(14-4-2-3-5-15(14)19)22-18(25)24-10-8-23(9-11-24)17-6-7-21-12-16(17)20/h2-7,12-13H,8-11H2,1H3,(H,22,25). The van der Waals surface area contributed by atoms with Gasteiger partial charge in [-0.2, -0.15) is 0 Å². The smallest absolute Gasteiger partial charge is 0.317 e. The summed E-state index contributed by atoms with van der Waals surface area (Å²) in [5.41, 5.74) is 1.57. The summed E-state index contributed by atoms with van der Waals surface area (Å²) in [4.78, 5) is 20.0. The summed E-state index contributed by atoms with van der Waals surface area (Å²) in [6, 6.07) is 9.31. The van der Waals surface area contributed by atoms with Gasteiger partial charge >= 0.3 is 6.03 Å². The number of hydrogen-bond donors (Lipinski definition) is 1.